The van der Waals surface area contributed by atoms with Gasteiger partial charge in [0, 0.05) is 13.1 Å². The Morgan fingerprint density at radius 1 is 1.81 bits per heavy atom. The second-order valence-electron chi connectivity index (χ2n) is 4.40. The third kappa shape index (κ3) is 1.13. The lowest BCUT2D eigenvalue weighted by Gasteiger charge is -2.15. The van der Waals surface area contributed by atoms with Gasteiger partial charge in [-0.1, -0.05) is 5.92 Å². The number of rotatable bonds is 2. The minimum absolute atomic E-state index is 0.0160. The maximum absolute atomic E-state index is 10.6. The number of hydrogen-bond acceptors (Lipinski definition) is 4. The van der Waals surface area contributed by atoms with Gasteiger partial charge in [0.1, 0.15) is 6.26 Å². The number of nitrogens with zero attached hydrogens (tertiary/aromatic N) is 2. The van der Waals surface area contributed by atoms with Gasteiger partial charge in [-0.15, -0.1) is 6.42 Å². The van der Waals surface area contributed by atoms with Gasteiger partial charge in [0.15, 0.2) is 5.69 Å². The number of carbonyl (C=O) groups is 1. The summed E-state index contributed by atoms with van der Waals surface area (Å²) >= 11 is 0. The first kappa shape index (κ1) is 9.28. The van der Waals surface area contributed by atoms with E-state index in [1.807, 2.05) is 4.90 Å². The first-order chi connectivity index (χ1) is 7.64. The molecule has 2 fully saturated rings. The summed E-state index contributed by atoms with van der Waals surface area (Å²) in [5.74, 6) is 2.25. The van der Waals surface area contributed by atoms with Crippen LogP contribution in [-0.4, -0.2) is 29.1 Å². The summed E-state index contributed by atoms with van der Waals surface area (Å²) in [6.45, 7) is 1.53. The number of hydrogen-bond donors (Lipinski definition) is 1. The second kappa shape index (κ2) is 2.79. The first-order valence-electron chi connectivity index (χ1n) is 5.06. The quantitative estimate of drug-likeness (QED) is 0.745. The Labute approximate surface area is 92.1 Å². The second-order valence-corrected chi connectivity index (χ2v) is 4.40. The van der Waals surface area contributed by atoms with Crippen LogP contribution in [0.3, 0.4) is 0 Å². The fourth-order valence-corrected chi connectivity index (χ4v) is 2.36. The van der Waals surface area contributed by atoms with E-state index in [0.717, 1.165) is 19.2 Å². The average Bonchev–Trinajstić information content (AvgIpc) is 2.72. The molecule has 1 aromatic rings. The highest BCUT2D eigenvalue weighted by molar-refractivity contribution is 5.85. The van der Waals surface area contributed by atoms with Crippen molar-refractivity contribution in [3.63, 3.8) is 0 Å². The fraction of sp³-hybridized carbons (Fsp3) is 0.455. The molecule has 5 nitrogen and oxygen atoms in total. The highest BCUT2D eigenvalue weighted by Gasteiger charge is 2.59. The van der Waals surface area contributed by atoms with Crippen molar-refractivity contribution in [1.82, 2.24) is 4.98 Å². The molecule has 1 saturated heterocycles. The number of carboxylic acid groups (broad SMARTS) is 1. The molecule has 0 radical (unpaired) electrons. The molecule has 1 saturated carbocycles. The summed E-state index contributed by atoms with van der Waals surface area (Å²) in [6, 6.07) is 0.360. The molecule has 1 aliphatic carbocycles. The number of piperidine rings is 1. The van der Waals surface area contributed by atoms with Crippen molar-refractivity contribution < 1.29 is 14.3 Å². The van der Waals surface area contributed by atoms with Crippen LogP contribution in [0.25, 0.3) is 0 Å². The van der Waals surface area contributed by atoms with Crippen LogP contribution >= 0.6 is 0 Å². The maximum Gasteiger partial charge on any atom is 0.357 e. The van der Waals surface area contributed by atoms with E-state index in [2.05, 4.69) is 10.9 Å². The summed E-state index contributed by atoms with van der Waals surface area (Å²) in [5.41, 5.74) is -0.0805. The lowest BCUT2D eigenvalue weighted by molar-refractivity contribution is 0.0690. The van der Waals surface area contributed by atoms with Crippen LogP contribution in [0.2, 0.25) is 0 Å². The molecule has 1 aromatic heterocycles. The molecule has 1 aliphatic heterocycles. The van der Waals surface area contributed by atoms with Gasteiger partial charge in [-0.25, -0.2) is 4.79 Å². The van der Waals surface area contributed by atoms with Crippen LogP contribution in [0.1, 0.15) is 16.9 Å². The number of carboxylic acids is 1. The van der Waals surface area contributed by atoms with Crippen molar-refractivity contribution in [3.8, 4) is 12.3 Å². The number of anilines is 1. The van der Waals surface area contributed by atoms with Crippen molar-refractivity contribution in [1.29, 1.82) is 0 Å². The summed E-state index contributed by atoms with van der Waals surface area (Å²) in [6.07, 6.45) is 7.70. The number of terminal acetylenes is 1. The van der Waals surface area contributed by atoms with Crippen LogP contribution in [0.5, 0.6) is 0 Å². The Kier molecular flexibility index (Phi) is 1.62. The SMILES string of the molecule is C#C[C@@]12CC1CN(c1nc(C(=O)O)co1)C2. The third-order valence-electron chi connectivity index (χ3n) is 3.41. The monoisotopic (exact) mass is 218 g/mol. The van der Waals surface area contributed by atoms with E-state index >= 15 is 0 Å². The topological polar surface area (TPSA) is 66.6 Å². The Morgan fingerprint density at radius 2 is 2.62 bits per heavy atom. The molecule has 0 spiro atoms. The highest BCUT2D eigenvalue weighted by Crippen LogP contribution is 2.57. The molecular formula is C11H10N2O3. The summed E-state index contributed by atoms with van der Waals surface area (Å²) in [4.78, 5) is 16.5. The van der Waals surface area contributed by atoms with Gasteiger partial charge in [-0.05, 0) is 12.3 Å². The van der Waals surface area contributed by atoms with E-state index < -0.39 is 5.97 Å². The van der Waals surface area contributed by atoms with Crippen molar-refractivity contribution in [2.45, 2.75) is 6.42 Å². The molecule has 2 aliphatic rings. The Hall–Kier alpha value is -1.96. The maximum atomic E-state index is 10.6. The lowest BCUT2D eigenvalue weighted by Crippen LogP contribution is -2.24. The first-order valence-corrected chi connectivity index (χ1v) is 5.06. The Bertz CT molecular complexity index is 502. The largest absolute Gasteiger partial charge is 0.476 e. The van der Waals surface area contributed by atoms with Gasteiger partial charge in [-0.2, -0.15) is 4.98 Å². The number of fused-ring (bicyclic) bond motifs is 1. The molecule has 2 atom stereocenters. The smallest absolute Gasteiger partial charge is 0.357 e. The fourth-order valence-electron chi connectivity index (χ4n) is 2.36. The van der Waals surface area contributed by atoms with E-state index in [0.29, 0.717) is 18.5 Å². The van der Waals surface area contributed by atoms with Crippen LogP contribution in [0.4, 0.5) is 6.01 Å². The summed E-state index contributed by atoms with van der Waals surface area (Å²) in [5, 5.41) is 8.73. The number of aromatic nitrogens is 1. The summed E-state index contributed by atoms with van der Waals surface area (Å²) < 4.78 is 5.13. The van der Waals surface area contributed by atoms with Gasteiger partial charge in [0.25, 0.3) is 6.01 Å². The molecule has 2 heterocycles. The number of oxazole rings is 1. The zero-order valence-electron chi connectivity index (χ0n) is 8.51. The predicted molar refractivity (Wildman–Crippen MR) is 55.0 cm³/mol. The zero-order chi connectivity index (χ0) is 11.3. The minimum atomic E-state index is -1.08. The molecule has 0 bridgehead atoms. The van der Waals surface area contributed by atoms with Crippen molar-refractivity contribution in [2.24, 2.45) is 11.3 Å². The van der Waals surface area contributed by atoms with E-state index in [-0.39, 0.29) is 11.1 Å². The molecule has 16 heavy (non-hydrogen) atoms. The molecule has 0 aromatic carbocycles. The van der Waals surface area contributed by atoms with Gasteiger partial charge in [0.05, 0.1) is 5.41 Å². The van der Waals surface area contributed by atoms with Crippen molar-refractivity contribution in [3.05, 3.63) is 12.0 Å². The predicted octanol–water partition coefficient (Wildman–Crippen LogP) is 0.832. The molecule has 82 valence electrons. The van der Waals surface area contributed by atoms with Gasteiger partial charge in [0.2, 0.25) is 0 Å². The van der Waals surface area contributed by atoms with E-state index in [1.54, 1.807) is 0 Å². The molecule has 5 heteroatoms. The molecule has 3 rings (SSSR count). The molecule has 1 unspecified atom stereocenters. The standard InChI is InChI=1S/C11H10N2O3/c1-2-11-3-7(11)4-13(6-11)10-12-8(5-16-10)9(14)15/h1,5,7H,3-4,6H2,(H,14,15)/t7?,11-/m0/s1. The Balaban J connectivity index is 1.80. The van der Waals surface area contributed by atoms with E-state index in [4.69, 9.17) is 15.9 Å². The van der Waals surface area contributed by atoms with Crippen LogP contribution in [0, 0.1) is 23.7 Å². The van der Waals surface area contributed by atoms with Gasteiger partial charge < -0.3 is 14.4 Å². The van der Waals surface area contributed by atoms with Crippen LogP contribution in [0.15, 0.2) is 10.7 Å². The molecule has 0 amide bonds. The molecular weight excluding hydrogens is 208 g/mol. The molecule has 1 N–H and O–H groups in total. The van der Waals surface area contributed by atoms with Gasteiger partial charge in [-0.3, -0.25) is 0 Å². The zero-order valence-corrected chi connectivity index (χ0v) is 8.51. The highest BCUT2D eigenvalue weighted by atomic mass is 16.4. The third-order valence-corrected chi connectivity index (χ3v) is 3.41. The van der Waals surface area contributed by atoms with Gasteiger partial charge >= 0.3 is 5.97 Å². The lowest BCUT2D eigenvalue weighted by atomic mass is 10.1. The number of aromatic carboxylic acids is 1. The van der Waals surface area contributed by atoms with Crippen LogP contribution < -0.4 is 4.90 Å². The minimum Gasteiger partial charge on any atom is -0.476 e. The van der Waals surface area contributed by atoms with Crippen LogP contribution in [-0.2, 0) is 0 Å². The van der Waals surface area contributed by atoms with Crippen molar-refractivity contribution >= 4 is 12.0 Å². The summed E-state index contributed by atoms with van der Waals surface area (Å²) in [7, 11) is 0. The normalized spacial score (nSPS) is 30.9. The van der Waals surface area contributed by atoms with E-state index in [9.17, 15) is 4.79 Å². The van der Waals surface area contributed by atoms with Crippen molar-refractivity contribution in [2.75, 3.05) is 18.0 Å². The Morgan fingerprint density at radius 3 is 3.19 bits per heavy atom. The van der Waals surface area contributed by atoms with E-state index in [1.165, 1.54) is 0 Å². The average molecular weight is 218 g/mol.